The fourth-order valence-electron chi connectivity index (χ4n) is 0. The van der Waals surface area contributed by atoms with E-state index in [4.69, 9.17) is 20.4 Å². The average Bonchev–Trinajstić information content (AvgIpc) is 1.25. The van der Waals surface area contributed by atoms with Gasteiger partial charge in [-0.25, -0.2) is 0 Å². The molecule has 0 radical (unpaired) electrons. The second-order valence-corrected chi connectivity index (χ2v) is 2.05. The van der Waals surface area contributed by atoms with E-state index in [0.717, 1.165) is 0 Å². The Kier molecular flexibility index (Phi) is 10.1. The van der Waals surface area contributed by atoms with Crippen molar-refractivity contribution in [3.8, 4) is 0 Å². The van der Waals surface area contributed by atoms with Crippen LogP contribution in [0.1, 0.15) is 13.8 Å². The van der Waals surface area contributed by atoms with Gasteiger partial charge in [0, 0.05) is 0 Å². The molecule has 5 heteroatoms. The van der Waals surface area contributed by atoms with E-state index >= 15 is 0 Å². The van der Waals surface area contributed by atoms with Crippen LogP contribution in [-0.4, -0.2) is 20.7 Å². The van der Waals surface area contributed by atoms with E-state index < -0.39 is 8.60 Å². The van der Waals surface area contributed by atoms with Crippen LogP contribution in [0.25, 0.3) is 0 Å². The van der Waals surface area contributed by atoms with Crippen LogP contribution in [0.2, 0.25) is 0 Å². The summed E-state index contributed by atoms with van der Waals surface area (Å²) in [5.41, 5.74) is 5.11. The van der Waals surface area contributed by atoms with E-state index in [0.29, 0.717) is 6.04 Å². The third-order valence-corrected chi connectivity index (χ3v) is 0. The molecule has 0 fully saturated rings. The van der Waals surface area contributed by atoms with Gasteiger partial charge in [-0.2, -0.15) is 0 Å². The highest BCUT2D eigenvalue weighted by molar-refractivity contribution is 7.38. The van der Waals surface area contributed by atoms with Crippen LogP contribution in [0.15, 0.2) is 0 Å². The molecule has 0 rings (SSSR count). The van der Waals surface area contributed by atoms with Crippen molar-refractivity contribution >= 4 is 8.60 Å². The second kappa shape index (κ2) is 7.27. The lowest BCUT2D eigenvalue weighted by Gasteiger charge is -1.81. The monoisotopic (exact) mass is 141 g/mol. The summed E-state index contributed by atoms with van der Waals surface area (Å²) in [6, 6.07) is 0.333. The van der Waals surface area contributed by atoms with E-state index in [1.165, 1.54) is 0 Å². The van der Waals surface area contributed by atoms with Crippen LogP contribution in [0.3, 0.4) is 0 Å². The molecule has 0 atom stereocenters. The molecule has 0 bridgehead atoms. The first-order valence-electron chi connectivity index (χ1n) is 2.09. The van der Waals surface area contributed by atoms with Crippen LogP contribution in [0.5, 0.6) is 0 Å². The normalized spacial score (nSPS) is 9.00. The smallest absolute Gasteiger partial charge is 0.324 e. The van der Waals surface area contributed by atoms with E-state index in [1.54, 1.807) is 0 Å². The summed E-state index contributed by atoms with van der Waals surface area (Å²) in [6.45, 7) is 3.89. The molecule has 0 aliphatic carbocycles. The summed E-state index contributed by atoms with van der Waals surface area (Å²) >= 11 is 0. The Balaban J connectivity index is 0. The molecule has 0 aliphatic rings. The Morgan fingerprint density at radius 1 is 1.25 bits per heavy atom. The van der Waals surface area contributed by atoms with Gasteiger partial charge in [0.1, 0.15) is 0 Å². The highest BCUT2D eigenvalue weighted by Crippen LogP contribution is 2.11. The molecule has 0 saturated carbocycles. The van der Waals surface area contributed by atoms with Gasteiger partial charge in [0.05, 0.1) is 0 Å². The highest BCUT2D eigenvalue weighted by atomic mass is 31.2. The van der Waals surface area contributed by atoms with Crippen molar-refractivity contribution in [1.29, 1.82) is 0 Å². The lowest BCUT2D eigenvalue weighted by atomic mass is 10.5. The minimum Gasteiger partial charge on any atom is -0.328 e. The minimum atomic E-state index is -2.62. The van der Waals surface area contributed by atoms with Gasteiger partial charge in [-0.15, -0.1) is 0 Å². The lowest BCUT2D eigenvalue weighted by molar-refractivity contribution is 0.368. The third-order valence-electron chi connectivity index (χ3n) is 0. The van der Waals surface area contributed by atoms with Crippen LogP contribution in [0, 0.1) is 0 Å². The molecular formula is C3H12NO3P. The zero-order chi connectivity index (χ0) is 7.15. The molecule has 8 heavy (non-hydrogen) atoms. The third kappa shape index (κ3) is 2390. The molecule has 5 N–H and O–H groups in total. The minimum absolute atomic E-state index is 0.333. The molecule has 4 nitrogen and oxygen atoms in total. The number of hydrogen-bond acceptors (Lipinski definition) is 4. The highest BCUT2D eigenvalue weighted by Gasteiger charge is 1.76. The van der Waals surface area contributed by atoms with E-state index in [-0.39, 0.29) is 0 Å². The summed E-state index contributed by atoms with van der Waals surface area (Å²) < 4.78 is 0. The van der Waals surface area contributed by atoms with Crippen molar-refractivity contribution in [2.75, 3.05) is 0 Å². The number of hydrogen-bond donors (Lipinski definition) is 4. The maximum Gasteiger partial charge on any atom is 0.324 e. The topological polar surface area (TPSA) is 86.7 Å². The van der Waals surface area contributed by atoms with Crippen molar-refractivity contribution in [1.82, 2.24) is 0 Å². The maximum absolute atomic E-state index is 7.23. The molecule has 0 unspecified atom stereocenters. The van der Waals surface area contributed by atoms with E-state index in [9.17, 15) is 0 Å². The van der Waals surface area contributed by atoms with Gasteiger partial charge in [-0.1, -0.05) is 13.8 Å². The number of rotatable bonds is 0. The zero-order valence-corrected chi connectivity index (χ0v) is 5.84. The van der Waals surface area contributed by atoms with Crippen LogP contribution in [0.4, 0.5) is 0 Å². The predicted molar refractivity (Wildman–Crippen MR) is 32.9 cm³/mol. The Bertz CT molecular complexity index is 30.0. The summed E-state index contributed by atoms with van der Waals surface area (Å²) in [5, 5.41) is 0. The molecule has 0 aromatic carbocycles. The predicted octanol–water partition coefficient (Wildman–Crippen LogP) is -0.456. The second-order valence-electron chi connectivity index (χ2n) is 1.51. The fourth-order valence-corrected chi connectivity index (χ4v) is 0. The molecule has 0 spiro atoms. The SMILES string of the molecule is CC(C)N.OP(O)O. The lowest BCUT2D eigenvalue weighted by Crippen LogP contribution is -2.06. The first-order valence-corrected chi connectivity index (χ1v) is 3.29. The Hall–Kier alpha value is 0.270. The van der Waals surface area contributed by atoms with Crippen LogP contribution in [-0.2, 0) is 0 Å². The average molecular weight is 141 g/mol. The molecule has 0 saturated heterocycles. The first-order chi connectivity index (χ1) is 3.46. The van der Waals surface area contributed by atoms with Crippen LogP contribution < -0.4 is 5.73 Å². The molecule has 0 aliphatic heterocycles. The molecule has 0 aromatic heterocycles. The van der Waals surface area contributed by atoms with Gasteiger partial charge in [0.2, 0.25) is 0 Å². The Labute approximate surface area is 50.0 Å². The van der Waals surface area contributed by atoms with E-state index in [2.05, 4.69) is 0 Å². The number of nitrogens with two attached hydrogens (primary N) is 1. The van der Waals surface area contributed by atoms with Gasteiger partial charge in [0.25, 0.3) is 0 Å². The van der Waals surface area contributed by atoms with Gasteiger partial charge in [-0.3, -0.25) is 0 Å². The molecular weight excluding hydrogens is 129 g/mol. The molecule has 0 heterocycles. The largest absolute Gasteiger partial charge is 0.328 e. The quantitative estimate of drug-likeness (QED) is 0.344. The summed E-state index contributed by atoms with van der Waals surface area (Å²) in [7, 11) is -2.62. The standard InChI is InChI=1S/C3H9N.H3O3P/c1-3(2)4;1-4(2)3/h3H,4H2,1-2H3;1-3H. The first kappa shape index (κ1) is 11.1. The molecule has 0 amide bonds. The van der Waals surface area contributed by atoms with Gasteiger partial charge < -0.3 is 20.4 Å². The molecule has 52 valence electrons. The van der Waals surface area contributed by atoms with Gasteiger partial charge in [0.15, 0.2) is 0 Å². The zero-order valence-electron chi connectivity index (χ0n) is 4.94. The molecule has 0 aromatic rings. The summed E-state index contributed by atoms with van der Waals surface area (Å²) in [5.74, 6) is 0. The maximum atomic E-state index is 7.23. The van der Waals surface area contributed by atoms with Crippen molar-refractivity contribution in [2.45, 2.75) is 19.9 Å². The van der Waals surface area contributed by atoms with E-state index in [1.807, 2.05) is 13.8 Å². The van der Waals surface area contributed by atoms with Crippen molar-refractivity contribution in [2.24, 2.45) is 5.73 Å². The van der Waals surface area contributed by atoms with Gasteiger partial charge in [-0.05, 0) is 6.04 Å². The van der Waals surface area contributed by atoms with Crippen molar-refractivity contribution in [3.05, 3.63) is 0 Å². The van der Waals surface area contributed by atoms with Crippen LogP contribution >= 0.6 is 8.60 Å². The Morgan fingerprint density at radius 3 is 1.25 bits per heavy atom. The Morgan fingerprint density at radius 2 is 1.25 bits per heavy atom. The summed E-state index contributed by atoms with van der Waals surface area (Å²) in [6.07, 6.45) is 0. The fraction of sp³-hybridized carbons (Fsp3) is 1.00. The van der Waals surface area contributed by atoms with Crippen molar-refractivity contribution < 1.29 is 14.7 Å². The summed E-state index contributed by atoms with van der Waals surface area (Å²) in [4.78, 5) is 21.7. The van der Waals surface area contributed by atoms with Gasteiger partial charge >= 0.3 is 8.60 Å². The van der Waals surface area contributed by atoms with Crippen molar-refractivity contribution in [3.63, 3.8) is 0 Å².